The van der Waals surface area contributed by atoms with Gasteiger partial charge >= 0.3 is 0 Å². The van der Waals surface area contributed by atoms with Crippen LogP contribution in [-0.2, 0) is 80.8 Å². The first-order valence-electron chi connectivity index (χ1n) is 36.4. The zero-order chi connectivity index (χ0) is 77.2. The zero-order valence-corrected chi connectivity index (χ0v) is 62.2. The van der Waals surface area contributed by atoms with Crippen molar-refractivity contribution in [3.8, 4) is 22.6 Å². The molecule has 8 rings (SSSR count). The standard InChI is InChI=1S/C76H102N12O20/c1-51(2)71(84-68(91)23-28-100-30-32-102-34-36-104-38-40-106-42-43-107-41-39-105-37-35-103-33-31-101-29-24-77-66(89)22-26-88-69(92)20-21-70(88)93)75(97)79-52(3)72(94)81-56-16-18-57(19-17-56)83-73(95)62-44-54(49-85(62)4)53-12-14-55(15-13-53)82-74(96)63-45-58(50-86(63)5)80-67(90)11-9-27-108-65-47-61-60(46-64(65)99-6)76(98)87-25-8-7-10-59(87)48-78-61/h12-21,44-52,59,69,71,92H,7-11,22-43H2,1-6H3,(H,77,89)(H,79,97)(H,80,90)(H,81,94)(H,82,96)(H,83,95)(H,84,91)/t52-,59?,69?,71?/m0/s1. The van der Waals surface area contributed by atoms with Gasteiger partial charge in [-0.2, -0.15) is 0 Å². The third-order valence-electron chi connectivity index (χ3n) is 17.4. The molecule has 3 unspecified atom stereocenters. The summed E-state index contributed by atoms with van der Waals surface area (Å²) in [6, 6.07) is 18.4. The molecule has 0 radical (unpaired) electrons. The van der Waals surface area contributed by atoms with Crippen LogP contribution in [0.5, 0.6) is 11.5 Å². The number of ether oxygens (including phenoxy) is 10. The van der Waals surface area contributed by atoms with E-state index in [1.807, 2.05) is 29.4 Å². The van der Waals surface area contributed by atoms with E-state index in [4.69, 9.17) is 47.4 Å². The second kappa shape index (κ2) is 44.4. The molecule has 1 saturated heterocycles. The highest BCUT2D eigenvalue weighted by atomic mass is 16.6. The molecule has 9 amide bonds. The van der Waals surface area contributed by atoms with Crippen LogP contribution in [-0.4, -0.2) is 247 Å². The number of nitrogens with zero attached hydrogens (tertiary/aromatic N) is 5. The number of benzene rings is 3. The number of aromatic nitrogens is 2. The number of rotatable bonds is 48. The number of methoxy groups -OCH3 is 1. The Balaban J connectivity index is 0.613. The molecule has 0 spiro atoms. The van der Waals surface area contributed by atoms with Crippen LogP contribution in [0.15, 0.2) is 102 Å². The minimum absolute atomic E-state index is 0.00191. The molecule has 0 saturated carbocycles. The van der Waals surface area contributed by atoms with Crippen LogP contribution in [0.4, 0.5) is 28.4 Å². The average Bonchev–Trinajstić information content (AvgIpc) is 1.64. The average molecular weight is 1500 g/mol. The number of fused-ring (bicyclic) bond motifs is 2. The Morgan fingerprint density at radius 1 is 0.556 bits per heavy atom. The van der Waals surface area contributed by atoms with Gasteiger partial charge < -0.3 is 109 Å². The fourth-order valence-electron chi connectivity index (χ4n) is 11.5. The molecule has 4 atom stereocenters. The number of aliphatic hydroxyl groups excluding tert-OH is 1. The van der Waals surface area contributed by atoms with Crippen molar-refractivity contribution in [2.45, 2.75) is 90.1 Å². The highest BCUT2D eigenvalue weighted by Crippen LogP contribution is 2.38. The molecule has 1 fully saturated rings. The molecule has 32 heteroatoms. The SMILES string of the molecule is COc1cc2c(cc1OCCCC(=O)Nc1cc(C(=O)Nc3ccc(-c4cc(C(=O)Nc5ccc(NC(=O)[C@H](C)NC(=O)C(NC(=O)CCOCCOCCOCCOCCOCCOCCOCCOCCNC(=O)CCN6C(=O)C=CC6O)C(C)C)cc5)n(C)c4)cc3)n(C)c1)N=CC1CCCCN1C2=O. The summed E-state index contributed by atoms with van der Waals surface area (Å²) in [5.41, 5.74) is 5.07. The number of anilines is 4. The minimum Gasteiger partial charge on any atom is -0.493 e. The highest BCUT2D eigenvalue weighted by Gasteiger charge is 2.32. The molecule has 3 aromatic carbocycles. The summed E-state index contributed by atoms with van der Waals surface area (Å²) >= 11 is 0. The second-order valence-corrected chi connectivity index (χ2v) is 25.9. The van der Waals surface area contributed by atoms with Gasteiger partial charge in [0.05, 0.1) is 142 Å². The number of aliphatic hydroxyl groups is 1. The summed E-state index contributed by atoms with van der Waals surface area (Å²) < 4.78 is 59.0. The van der Waals surface area contributed by atoms with E-state index in [1.165, 1.54) is 31.1 Å². The van der Waals surface area contributed by atoms with Gasteiger partial charge in [-0.1, -0.05) is 26.0 Å². The Labute approximate surface area is 628 Å². The number of carbonyl (C=O) groups excluding carboxylic acids is 9. The number of aryl methyl sites for hydroxylation is 2. The second-order valence-electron chi connectivity index (χ2n) is 25.9. The number of hydrogen-bond donors (Lipinski definition) is 8. The normalized spacial score (nSPS) is 15.1. The van der Waals surface area contributed by atoms with Crippen LogP contribution in [0.1, 0.15) is 97.1 Å². The quantitative estimate of drug-likeness (QED) is 0.0226. The summed E-state index contributed by atoms with van der Waals surface area (Å²) in [4.78, 5) is 124. The molecule has 108 heavy (non-hydrogen) atoms. The lowest BCUT2D eigenvalue weighted by Gasteiger charge is -2.32. The van der Waals surface area contributed by atoms with Crippen LogP contribution in [0.3, 0.4) is 0 Å². The summed E-state index contributed by atoms with van der Waals surface area (Å²) in [6.07, 6.45) is 10.4. The number of carbonyl (C=O) groups is 9. The monoisotopic (exact) mass is 1500 g/mol. The molecular weight excluding hydrogens is 1400 g/mol. The topological polar surface area (TPSA) is 379 Å². The number of aliphatic imine (C=N–C) groups is 1. The maximum absolute atomic E-state index is 13.6. The van der Waals surface area contributed by atoms with E-state index in [2.05, 4.69) is 42.2 Å². The van der Waals surface area contributed by atoms with E-state index in [0.29, 0.717) is 169 Å². The molecule has 5 heterocycles. The first-order chi connectivity index (χ1) is 52.2. The Morgan fingerprint density at radius 2 is 1.11 bits per heavy atom. The summed E-state index contributed by atoms with van der Waals surface area (Å²) in [5, 5.41) is 29.2. The third kappa shape index (κ3) is 27.1. The highest BCUT2D eigenvalue weighted by molar-refractivity contribution is 6.06. The molecule has 3 aliphatic rings. The van der Waals surface area contributed by atoms with Crippen molar-refractivity contribution >= 4 is 87.8 Å². The fraction of sp³-hybridized carbons (Fsp3) is 0.500. The van der Waals surface area contributed by atoms with Crippen molar-refractivity contribution in [2.75, 3.05) is 160 Å². The van der Waals surface area contributed by atoms with Crippen LogP contribution in [0.25, 0.3) is 11.1 Å². The minimum atomic E-state index is -0.985. The maximum atomic E-state index is 13.6. The lowest BCUT2D eigenvalue weighted by atomic mass is 10.0. The molecule has 3 aliphatic heterocycles. The lowest BCUT2D eigenvalue weighted by molar-refractivity contribution is -0.132. The van der Waals surface area contributed by atoms with Gasteiger partial charge in [0.2, 0.25) is 35.4 Å². The van der Waals surface area contributed by atoms with Gasteiger partial charge in [-0.3, -0.25) is 48.1 Å². The van der Waals surface area contributed by atoms with E-state index in [-0.39, 0.29) is 87.1 Å². The summed E-state index contributed by atoms with van der Waals surface area (Å²) in [5.74, 6) is -2.55. The van der Waals surface area contributed by atoms with Crippen molar-refractivity contribution in [3.05, 3.63) is 114 Å². The molecule has 5 aromatic rings. The van der Waals surface area contributed by atoms with Crippen LogP contribution in [0, 0.1) is 5.92 Å². The van der Waals surface area contributed by atoms with Crippen molar-refractivity contribution in [2.24, 2.45) is 25.0 Å². The Morgan fingerprint density at radius 3 is 1.69 bits per heavy atom. The van der Waals surface area contributed by atoms with E-state index >= 15 is 0 Å². The number of amides is 9. The first-order valence-corrected chi connectivity index (χ1v) is 36.4. The maximum Gasteiger partial charge on any atom is 0.272 e. The Kier molecular flexibility index (Phi) is 34.4. The van der Waals surface area contributed by atoms with E-state index in [9.17, 15) is 48.3 Å². The Bertz CT molecular complexity index is 3840. The smallest absolute Gasteiger partial charge is 0.272 e. The lowest BCUT2D eigenvalue weighted by Crippen LogP contribution is -2.53. The van der Waals surface area contributed by atoms with Gasteiger partial charge in [-0.05, 0) is 105 Å². The third-order valence-corrected chi connectivity index (χ3v) is 17.4. The molecule has 0 bridgehead atoms. The van der Waals surface area contributed by atoms with Crippen molar-refractivity contribution < 1.29 is 95.6 Å². The summed E-state index contributed by atoms with van der Waals surface area (Å²) in [6.45, 7) is 12.0. The number of hydrogen-bond acceptors (Lipinski definition) is 21. The predicted molar refractivity (Wildman–Crippen MR) is 400 cm³/mol. The van der Waals surface area contributed by atoms with Crippen molar-refractivity contribution in [3.63, 3.8) is 0 Å². The van der Waals surface area contributed by atoms with E-state index < -0.39 is 41.9 Å². The van der Waals surface area contributed by atoms with Crippen LogP contribution < -0.4 is 46.7 Å². The van der Waals surface area contributed by atoms with Crippen LogP contribution in [0.2, 0.25) is 0 Å². The predicted octanol–water partition coefficient (Wildman–Crippen LogP) is 5.38. The molecule has 586 valence electrons. The number of piperidine rings is 1. The van der Waals surface area contributed by atoms with Gasteiger partial charge in [-0.25, -0.2) is 0 Å². The van der Waals surface area contributed by atoms with Crippen molar-refractivity contribution in [1.82, 2.24) is 34.9 Å². The van der Waals surface area contributed by atoms with Gasteiger partial charge in [-0.15, -0.1) is 0 Å². The number of nitrogens with one attached hydrogen (secondary N) is 7. The zero-order valence-electron chi connectivity index (χ0n) is 62.2. The van der Waals surface area contributed by atoms with Gasteiger partial charge in [0.1, 0.15) is 29.7 Å². The molecule has 8 N–H and O–H groups in total. The van der Waals surface area contributed by atoms with E-state index in [0.717, 1.165) is 30.4 Å². The molecule has 0 aliphatic carbocycles. The fourth-order valence-corrected chi connectivity index (χ4v) is 11.5. The summed E-state index contributed by atoms with van der Waals surface area (Å²) in [7, 11) is 4.97. The van der Waals surface area contributed by atoms with E-state index in [1.54, 1.807) is 104 Å². The first kappa shape index (κ1) is 83.7. The Hall–Kier alpha value is -9.90. The molecule has 2 aromatic heterocycles. The van der Waals surface area contributed by atoms with Gasteiger partial charge in [0, 0.05) is 106 Å². The molecule has 32 nitrogen and oxygen atoms in total. The molecular formula is C76H102N12O20. The van der Waals surface area contributed by atoms with Gasteiger partial charge in [0.15, 0.2) is 11.5 Å². The van der Waals surface area contributed by atoms with Gasteiger partial charge in [0.25, 0.3) is 17.7 Å². The van der Waals surface area contributed by atoms with Crippen LogP contribution >= 0.6 is 0 Å². The van der Waals surface area contributed by atoms with Crippen molar-refractivity contribution in [1.29, 1.82) is 0 Å². The largest absolute Gasteiger partial charge is 0.493 e.